The number of nitrogen functional groups attached to an aromatic ring is 1. The number of rotatable bonds is 2. The number of benzene rings is 1. The van der Waals surface area contributed by atoms with Gasteiger partial charge in [-0.2, -0.15) is 0 Å². The first-order valence-corrected chi connectivity index (χ1v) is 5.49. The fourth-order valence-corrected chi connectivity index (χ4v) is 1.81. The van der Waals surface area contributed by atoms with E-state index >= 15 is 0 Å². The summed E-state index contributed by atoms with van der Waals surface area (Å²) < 4.78 is 5.23. The lowest BCUT2D eigenvalue weighted by Crippen LogP contribution is -1.97. The van der Waals surface area contributed by atoms with Gasteiger partial charge in [0.2, 0.25) is 0 Å². The summed E-state index contributed by atoms with van der Waals surface area (Å²) in [6.07, 6.45) is 1.34. The van der Waals surface area contributed by atoms with Crippen LogP contribution in [-0.4, -0.2) is 17.1 Å². The standard InChI is InChI=1S/C11H9Cl2N3O/c1-17-8-3-2-6(12)4-7(8)10-9(13)11(14)16-5-15-10/h2-5H,1H3,(H2,14,15,16). The molecule has 0 aliphatic heterocycles. The molecule has 0 aliphatic rings. The van der Waals surface area contributed by atoms with Crippen molar-refractivity contribution in [1.82, 2.24) is 9.97 Å². The Hall–Kier alpha value is -1.52. The maximum absolute atomic E-state index is 6.06. The van der Waals surface area contributed by atoms with Gasteiger partial charge in [-0.05, 0) is 18.2 Å². The van der Waals surface area contributed by atoms with E-state index in [4.69, 9.17) is 33.7 Å². The van der Waals surface area contributed by atoms with Crippen LogP contribution in [-0.2, 0) is 0 Å². The Labute approximate surface area is 108 Å². The minimum absolute atomic E-state index is 0.221. The normalized spacial score (nSPS) is 10.3. The summed E-state index contributed by atoms with van der Waals surface area (Å²) in [7, 11) is 1.56. The van der Waals surface area contributed by atoms with E-state index < -0.39 is 0 Å². The first kappa shape index (κ1) is 12.0. The highest BCUT2D eigenvalue weighted by Gasteiger charge is 2.14. The number of anilines is 1. The lowest BCUT2D eigenvalue weighted by atomic mass is 10.1. The minimum atomic E-state index is 0.221. The van der Waals surface area contributed by atoms with Crippen LogP contribution in [0.4, 0.5) is 5.82 Å². The lowest BCUT2D eigenvalue weighted by molar-refractivity contribution is 0.416. The predicted octanol–water partition coefficient (Wildman–Crippen LogP) is 3.04. The number of halogens is 2. The van der Waals surface area contributed by atoms with E-state index in [1.165, 1.54) is 6.33 Å². The number of hydrogen-bond donors (Lipinski definition) is 1. The number of nitrogens with two attached hydrogens (primary N) is 1. The van der Waals surface area contributed by atoms with E-state index in [1.807, 2.05) is 0 Å². The second-order valence-electron chi connectivity index (χ2n) is 3.27. The summed E-state index contributed by atoms with van der Waals surface area (Å²) in [5.74, 6) is 0.841. The molecule has 2 rings (SSSR count). The number of methoxy groups -OCH3 is 1. The van der Waals surface area contributed by atoms with Gasteiger partial charge < -0.3 is 10.5 Å². The average Bonchev–Trinajstić information content (AvgIpc) is 2.33. The minimum Gasteiger partial charge on any atom is -0.496 e. The summed E-state index contributed by atoms with van der Waals surface area (Å²) in [5, 5.41) is 0.849. The molecular weight excluding hydrogens is 261 g/mol. The summed E-state index contributed by atoms with van der Waals surface area (Å²) in [6.45, 7) is 0. The van der Waals surface area contributed by atoms with E-state index in [2.05, 4.69) is 9.97 Å². The van der Waals surface area contributed by atoms with Gasteiger partial charge in [-0.1, -0.05) is 23.2 Å². The quantitative estimate of drug-likeness (QED) is 0.911. The molecule has 1 aromatic heterocycles. The monoisotopic (exact) mass is 269 g/mol. The number of nitrogens with zero attached hydrogens (tertiary/aromatic N) is 2. The van der Waals surface area contributed by atoms with Crippen LogP contribution in [0.1, 0.15) is 0 Å². The molecule has 88 valence electrons. The summed E-state index contributed by atoms with van der Waals surface area (Å²) in [6, 6.07) is 5.18. The van der Waals surface area contributed by atoms with E-state index in [0.29, 0.717) is 22.0 Å². The van der Waals surface area contributed by atoms with Crippen molar-refractivity contribution >= 4 is 29.0 Å². The molecule has 1 heterocycles. The van der Waals surface area contributed by atoms with Crippen LogP contribution < -0.4 is 10.5 Å². The Balaban J connectivity index is 2.67. The molecule has 0 saturated heterocycles. The van der Waals surface area contributed by atoms with Crippen LogP contribution in [0.3, 0.4) is 0 Å². The largest absolute Gasteiger partial charge is 0.496 e. The van der Waals surface area contributed by atoms with E-state index in [9.17, 15) is 0 Å². The third kappa shape index (κ3) is 2.28. The Bertz CT molecular complexity index is 560. The highest BCUT2D eigenvalue weighted by Crippen LogP contribution is 2.36. The molecule has 0 atom stereocenters. The van der Waals surface area contributed by atoms with Crippen molar-refractivity contribution in [2.45, 2.75) is 0 Å². The molecule has 0 aliphatic carbocycles. The zero-order valence-corrected chi connectivity index (χ0v) is 10.5. The highest BCUT2D eigenvalue weighted by molar-refractivity contribution is 6.35. The van der Waals surface area contributed by atoms with Crippen LogP contribution >= 0.6 is 23.2 Å². The van der Waals surface area contributed by atoms with Crippen molar-refractivity contribution in [2.24, 2.45) is 0 Å². The molecule has 0 bridgehead atoms. The predicted molar refractivity (Wildman–Crippen MR) is 68.5 cm³/mol. The molecule has 2 aromatic rings. The molecule has 0 fully saturated rings. The molecular formula is C11H9Cl2N3O. The third-order valence-corrected chi connectivity index (χ3v) is 2.84. The molecule has 6 heteroatoms. The Kier molecular flexibility index (Phi) is 3.36. The second kappa shape index (κ2) is 4.77. The molecule has 2 N–H and O–H groups in total. The van der Waals surface area contributed by atoms with Crippen LogP contribution in [0.15, 0.2) is 24.5 Å². The average molecular weight is 270 g/mol. The third-order valence-electron chi connectivity index (χ3n) is 2.23. The van der Waals surface area contributed by atoms with Crippen molar-refractivity contribution in [3.05, 3.63) is 34.6 Å². The molecule has 1 aromatic carbocycles. The maximum Gasteiger partial charge on any atom is 0.146 e. The van der Waals surface area contributed by atoms with Gasteiger partial charge in [-0.15, -0.1) is 0 Å². The fraction of sp³-hybridized carbons (Fsp3) is 0.0909. The van der Waals surface area contributed by atoms with E-state index in [-0.39, 0.29) is 10.8 Å². The maximum atomic E-state index is 6.06. The SMILES string of the molecule is COc1ccc(Cl)cc1-c1ncnc(N)c1Cl. The Morgan fingerprint density at radius 3 is 2.71 bits per heavy atom. The van der Waals surface area contributed by atoms with E-state index in [1.54, 1.807) is 25.3 Å². The summed E-state index contributed by atoms with van der Waals surface area (Å²) in [5.41, 5.74) is 6.81. The van der Waals surface area contributed by atoms with Crippen molar-refractivity contribution in [3.8, 4) is 17.0 Å². The van der Waals surface area contributed by atoms with Crippen LogP contribution in [0, 0.1) is 0 Å². The second-order valence-corrected chi connectivity index (χ2v) is 4.08. The van der Waals surface area contributed by atoms with Gasteiger partial charge in [0.1, 0.15) is 22.9 Å². The van der Waals surface area contributed by atoms with Gasteiger partial charge in [-0.3, -0.25) is 0 Å². The summed E-state index contributed by atoms with van der Waals surface area (Å²) in [4.78, 5) is 7.90. The van der Waals surface area contributed by atoms with Crippen molar-refractivity contribution < 1.29 is 4.74 Å². The van der Waals surface area contributed by atoms with Gasteiger partial charge in [0.15, 0.2) is 0 Å². The van der Waals surface area contributed by atoms with Crippen molar-refractivity contribution in [2.75, 3.05) is 12.8 Å². The van der Waals surface area contributed by atoms with Crippen LogP contribution in [0.5, 0.6) is 5.75 Å². The molecule has 0 spiro atoms. The number of ether oxygens (including phenoxy) is 1. The molecule has 4 nitrogen and oxygen atoms in total. The Morgan fingerprint density at radius 1 is 1.24 bits per heavy atom. The molecule has 0 radical (unpaired) electrons. The zero-order valence-electron chi connectivity index (χ0n) is 8.95. The van der Waals surface area contributed by atoms with E-state index in [0.717, 1.165) is 0 Å². The molecule has 0 unspecified atom stereocenters. The number of hydrogen-bond acceptors (Lipinski definition) is 4. The van der Waals surface area contributed by atoms with Gasteiger partial charge >= 0.3 is 0 Å². The van der Waals surface area contributed by atoms with Gasteiger partial charge in [-0.25, -0.2) is 9.97 Å². The Morgan fingerprint density at radius 2 is 2.00 bits per heavy atom. The number of aromatic nitrogens is 2. The highest BCUT2D eigenvalue weighted by atomic mass is 35.5. The zero-order chi connectivity index (χ0) is 12.4. The van der Waals surface area contributed by atoms with Gasteiger partial charge in [0, 0.05) is 10.6 Å². The molecule has 17 heavy (non-hydrogen) atoms. The molecule has 0 saturated carbocycles. The fourth-order valence-electron chi connectivity index (χ4n) is 1.44. The van der Waals surface area contributed by atoms with Crippen molar-refractivity contribution in [1.29, 1.82) is 0 Å². The smallest absolute Gasteiger partial charge is 0.146 e. The first-order chi connectivity index (χ1) is 8.13. The van der Waals surface area contributed by atoms with Gasteiger partial charge in [0.05, 0.1) is 12.8 Å². The van der Waals surface area contributed by atoms with Gasteiger partial charge in [0.25, 0.3) is 0 Å². The topological polar surface area (TPSA) is 61.0 Å². The first-order valence-electron chi connectivity index (χ1n) is 4.73. The van der Waals surface area contributed by atoms with Crippen LogP contribution in [0.25, 0.3) is 11.3 Å². The lowest BCUT2D eigenvalue weighted by Gasteiger charge is -2.10. The summed E-state index contributed by atoms with van der Waals surface area (Å²) >= 11 is 12.0. The molecule has 0 amide bonds. The van der Waals surface area contributed by atoms with Crippen LogP contribution in [0.2, 0.25) is 10.0 Å². The van der Waals surface area contributed by atoms with Crippen molar-refractivity contribution in [3.63, 3.8) is 0 Å².